The van der Waals surface area contributed by atoms with Gasteiger partial charge < -0.3 is 0 Å². The van der Waals surface area contributed by atoms with Gasteiger partial charge in [0.15, 0.2) is 5.82 Å². The summed E-state index contributed by atoms with van der Waals surface area (Å²) in [5, 5.41) is 6.04. The van der Waals surface area contributed by atoms with Gasteiger partial charge in [-0.2, -0.15) is 0 Å². The van der Waals surface area contributed by atoms with E-state index in [1.807, 2.05) is 17.5 Å². The Kier molecular flexibility index (Phi) is 5.03. The highest BCUT2D eigenvalue weighted by Crippen LogP contribution is 2.20. The molecule has 7 nitrogen and oxygen atoms in total. The van der Waals surface area contributed by atoms with Gasteiger partial charge in [-0.25, -0.2) is 31.4 Å². The third kappa shape index (κ3) is 3.59. The van der Waals surface area contributed by atoms with E-state index in [0.717, 1.165) is 21.7 Å². The number of rotatable bonds is 6. The lowest BCUT2D eigenvalue weighted by atomic mass is 10.3. The fourth-order valence-electron chi connectivity index (χ4n) is 2.31. The van der Waals surface area contributed by atoms with E-state index in [2.05, 4.69) is 9.82 Å². The van der Waals surface area contributed by atoms with Gasteiger partial charge in [0, 0.05) is 19.7 Å². The summed E-state index contributed by atoms with van der Waals surface area (Å²) >= 11 is 1.42. The van der Waals surface area contributed by atoms with E-state index in [4.69, 9.17) is 0 Å². The van der Waals surface area contributed by atoms with E-state index in [1.54, 1.807) is 7.05 Å². The molecule has 2 heterocycles. The van der Waals surface area contributed by atoms with Crippen LogP contribution in [0.3, 0.4) is 0 Å². The third-order valence-electron chi connectivity index (χ3n) is 3.58. The van der Waals surface area contributed by atoms with Crippen LogP contribution in [-0.4, -0.2) is 29.3 Å². The Balaban J connectivity index is 1.74. The van der Waals surface area contributed by atoms with Gasteiger partial charge in [-0.1, -0.05) is 6.07 Å². The molecule has 0 amide bonds. The van der Waals surface area contributed by atoms with Gasteiger partial charge >= 0.3 is 5.69 Å². The number of nitrogens with one attached hydrogen (secondary N) is 1. The Morgan fingerprint density at radius 1 is 1.27 bits per heavy atom. The number of halogens is 2. The first-order chi connectivity index (χ1) is 12.3. The highest BCUT2D eigenvalue weighted by molar-refractivity contribution is 7.89. The molecule has 0 aliphatic heterocycles. The third-order valence-corrected chi connectivity index (χ3v) is 5.94. The predicted molar refractivity (Wildman–Crippen MR) is 92.3 cm³/mol. The van der Waals surface area contributed by atoms with E-state index in [9.17, 15) is 22.0 Å². The van der Waals surface area contributed by atoms with Gasteiger partial charge in [0.2, 0.25) is 10.0 Å². The van der Waals surface area contributed by atoms with Crippen molar-refractivity contribution in [3.63, 3.8) is 0 Å². The van der Waals surface area contributed by atoms with Crippen LogP contribution in [0.25, 0.3) is 10.7 Å². The summed E-state index contributed by atoms with van der Waals surface area (Å²) in [6.45, 7) is -0.222. The summed E-state index contributed by atoms with van der Waals surface area (Å²) in [5.41, 5.74) is -0.402. The second-order valence-electron chi connectivity index (χ2n) is 5.34. The van der Waals surface area contributed by atoms with Crippen molar-refractivity contribution in [2.45, 2.75) is 11.4 Å². The molecular formula is C15H14F2N4O3S2. The zero-order valence-electron chi connectivity index (χ0n) is 13.5. The number of thiophene rings is 1. The molecule has 0 saturated heterocycles. The summed E-state index contributed by atoms with van der Waals surface area (Å²) in [4.78, 5) is 12.3. The molecule has 26 heavy (non-hydrogen) atoms. The number of sulfonamides is 1. The average molecular weight is 400 g/mol. The Labute approximate surface area is 151 Å². The van der Waals surface area contributed by atoms with Crippen LogP contribution in [0.5, 0.6) is 0 Å². The number of hydrogen-bond donors (Lipinski definition) is 1. The van der Waals surface area contributed by atoms with Crippen molar-refractivity contribution in [3.05, 3.63) is 57.8 Å². The summed E-state index contributed by atoms with van der Waals surface area (Å²) < 4.78 is 55.4. The maximum Gasteiger partial charge on any atom is 0.345 e. The minimum Gasteiger partial charge on any atom is -0.277 e. The van der Waals surface area contributed by atoms with Crippen molar-refractivity contribution in [1.82, 2.24) is 19.1 Å². The molecule has 0 atom stereocenters. The van der Waals surface area contributed by atoms with E-state index >= 15 is 0 Å². The van der Waals surface area contributed by atoms with E-state index < -0.39 is 32.2 Å². The lowest BCUT2D eigenvalue weighted by molar-refractivity contribution is 0.532. The van der Waals surface area contributed by atoms with Gasteiger partial charge in [0.05, 0.1) is 11.4 Å². The molecule has 0 bridgehead atoms. The SMILES string of the molecule is Cn1c(-c2cccs2)nn(CCNS(=O)(=O)c2ccc(F)cc2F)c1=O. The minimum absolute atomic E-state index is 0.0416. The Hall–Kier alpha value is -2.37. The molecule has 1 N–H and O–H groups in total. The predicted octanol–water partition coefficient (Wildman–Crippen LogP) is 1.57. The summed E-state index contributed by atoms with van der Waals surface area (Å²) in [7, 11) is -2.61. The molecule has 0 aliphatic rings. The number of aromatic nitrogens is 3. The molecule has 1 aromatic carbocycles. The second kappa shape index (κ2) is 7.09. The van der Waals surface area contributed by atoms with Crippen LogP contribution in [-0.2, 0) is 23.6 Å². The monoisotopic (exact) mass is 400 g/mol. The molecule has 2 aromatic heterocycles. The topological polar surface area (TPSA) is 86.0 Å². The van der Waals surface area contributed by atoms with Crippen molar-refractivity contribution in [1.29, 1.82) is 0 Å². The second-order valence-corrected chi connectivity index (χ2v) is 8.02. The zero-order valence-corrected chi connectivity index (χ0v) is 15.2. The highest BCUT2D eigenvalue weighted by Gasteiger charge is 2.20. The Morgan fingerprint density at radius 2 is 2.04 bits per heavy atom. The van der Waals surface area contributed by atoms with Crippen molar-refractivity contribution in [2.75, 3.05) is 6.54 Å². The van der Waals surface area contributed by atoms with Crippen LogP contribution < -0.4 is 10.4 Å². The first-order valence-corrected chi connectivity index (χ1v) is 9.78. The number of benzene rings is 1. The van der Waals surface area contributed by atoms with Gasteiger partial charge in [0.1, 0.15) is 16.5 Å². The summed E-state index contributed by atoms with van der Waals surface area (Å²) in [6.07, 6.45) is 0. The molecular weight excluding hydrogens is 386 g/mol. The normalized spacial score (nSPS) is 11.8. The van der Waals surface area contributed by atoms with Gasteiger partial charge in [0.25, 0.3) is 0 Å². The van der Waals surface area contributed by atoms with Crippen LogP contribution in [0.4, 0.5) is 8.78 Å². The molecule has 0 fully saturated rings. The highest BCUT2D eigenvalue weighted by atomic mass is 32.2. The molecule has 3 rings (SSSR count). The lowest BCUT2D eigenvalue weighted by Gasteiger charge is -2.07. The van der Waals surface area contributed by atoms with Crippen LogP contribution in [0.1, 0.15) is 0 Å². The maximum absolute atomic E-state index is 13.6. The molecule has 0 aliphatic carbocycles. The van der Waals surface area contributed by atoms with E-state index in [0.29, 0.717) is 11.9 Å². The lowest BCUT2D eigenvalue weighted by Crippen LogP contribution is -2.32. The van der Waals surface area contributed by atoms with Gasteiger partial charge in [-0.05, 0) is 23.6 Å². The van der Waals surface area contributed by atoms with Crippen molar-refractivity contribution >= 4 is 21.4 Å². The van der Waals surface area contributed by atoms with E-state index in [1.165, 1.54) is 15.9 Å². The maximum atomic E-state index is 13.6. The molecule has 0 spiro atoms. The standard InChI is InChI=1S/C15H14F2N4O3S2/c1-20-14(12-3-2-8-25-12)19-21(15(20)22)7-6-18-26(23,24)13-5-4-10(16)9-11(13)17/h2-5,8-9,18H,6-7H2,1H3. The largest absolute Gasteiger partial charge is 0.345 e. The molecule has 138 valence electrons. The number of nitrogens with zero attached hydrogens (tertiary/aromatic N) is 3. The van der Waals surface area contributed by atoms with E-state index in [-0.39, 0.29) is 13.1 Å². The smallest absolute Gasteiger partial charge is 0.277 e. The average Bonchev–Trinajstić information content (AvgIpc) is 3.18. The van der Waals surface area contributed by atoms with Crippen LogP contribution in [0.15, 0.2) is 45.4 Å². The van der Waals surface area contributed by atoms with Gasteiger partial charge in [-0.15, -0.1) is 16.4 Å². The molecule has 0 radical (unpaired) electrons. The quantitative estimate of drug-likeness (QED) is 0.681. The molecule has 0 saturated carbocycles. The van der Waals surface area contributed by atoms with Gasteiger partial charge in [-0.3, -0.25) is 4.57 Å². The van der Waals surface area contributed by atoms with Crippen LogP contribution >= 0.6 is 11.3 Å². The molecule has 3 aromatic rings. The van der Waals surface area contributed by atoms with Crippen molar-refractivity contribution < 1.29 is 17.2 Å². The van der Waals surface area contributed by atoms with Crippen LogP contribution in [0, 0.1) is 11.6 Å². The van der Waals surface area contributed by atoms with Crippen LogP contribution in [0.2, 0.25) is 0 Å². The zero-order chi connectivity index (χ0) is 18.9. The molecule has 11 heteroatoms. The minimum atomic E-state index is -4.18. The first-order valence-electron chi connectivity index (χ1n) is 7.42. The Morgan fingerprint density at radius 3 is 2.69 bits per heavy atom. The summed E-state index contributed by atoms with van der Waals surface area (Å²) in [5.74, 6) is -1.59. The molecule has 0 unspecified atom stereocenters. The first kappa shape index (κ1) is 18.4. The number of hydrogen-bond acceptors (Lipinski definition) is 5. The fourth-order valence-corrected chi connectivity index (χ4v) is 4.13. The fraction of sp³-hybridized carbons (Fsp3) is 0.200. The van der Waals surface area contributed by atoms with Crippen molar-refractivity contribution in [3.8, 4) is 10.7 Å². The Bertz CT molecular complexity index is 1090. The van der Waals surface area contributed by atoms with Crippen molar-refractivity contribution in [2.24, 2.45) is 7.05 Å². The summed E-state index contributed by atoms with van der Waals surface area (Å²) in [6, 6.07) is 5.83.